The van der Waals surface area contributed by atoms with Gasteiger partial charge in [0.05, 0.1) is 23.3 Å². The van der Waals surface area contributed by atoms with Crippen molar-refractivity contribution in [2.75, 3.05) is 0 Å². The molecule has 126 valence electrons. The molecule has 3 aromatic heterocycles. The Hall–Kier alpha value is -1.99. The third kappa shape index (κ3) is 2.78. The highest BCUT2D eigenvalue weighted by Gasteiger charge is 2.24. The van der Waals surface area contributed by atoms with Gasteiger partial charge in [-0.25, -0.2) is 4.98 Å². The van der Waals surface area contributed by atoms with Crippen LogP contribution in [-0.4, -0.2) is 19.7 Å². The standard InChI is InChI=1S/C17H21N5OS/c1-10-7-8-13(22(10)3)17-21-20-15(23-17)9-18-12-5-4-6-14-16(12)19-11(2)24-14/h7-8,12,18H,4-6,9H2,1-3H3. The number of rotatable bonds is 4. The van der Waals surface area contributed by atoms with Crippen molar-refractivity contribution in [3.05, 3.63) is 39.3 Å². The minimum atomic E-state index is 0.284. The molecule has 1 aliphatic carbocycles. The first-order valence-corrected chi connectivity index (χ1v) is 9.08. The summed E-state index contributed by atoms with van der Waals surface area (Å²) in [5, 5.41) is 13.0. The van der Waals surface area contributed by atoms with Crippen LogP contribution < -0.4 is 5.32 Å². The lowest BCUT2D eigenvalue weighted by Crippen LogP contribution is -2.24. The average molecular weight is 343 g/mol. The fraction of sp³-hybridized carbons (Fsp3) is 0.471. The Morgan fingerprint density at radius 1 is 1.33 bits per heavy atom. The number of nitrogens with one attached hydrogen (secondary N) is 1. The molecule has 0 saturated heterocycles. The van der Waals surface area contributed by atoms with Crippen LogP contribution in [0.15, 0.2) is 16.5 Å². The molecule has 1 N–H and O–H groups in total. The molecule has 7 heteroatoms. The van der Waals surface area contributed by atoms with Crippen LogP contribution in [0, 0.1) is 13.8 Å². The summed E-state index contributed by atoms with van der Waals surface area (Å²) >= 11 is 1.82. The number of fused-ring (bicyclic) bond motifs is 1. The van der Waals surface area contributed by atoms with Crippen molar-refractivity contribution in [2.45, 2.75) is 45.7 Å². The van der Waals surface area contributed by atoms with Gasteiger partial charge in [-0.1, -0.05) is 0 Å². The first-order valence-electron chi connectivity index (χ1n) is 8.26. The Kier molecular flexibility index (Phi) is 3.97. The van der Waals surface area contributed by atoms with E-state index in [9.17, 15) is 0 Å². The Bertz CT molecular complexity index is 862. The van der Waals surface area contributed by atoms with E-state index in [-0.39, 0.29) is 6.04 Å². The quantitative estimate of drug-likeness (QED) is 0.787. The largest absolute Gasteiger partial charge is 0.418 e. The fourth-order valence-electron chi connectivity index (χ4n) is 3.21. The van der Waals surface area contributed by atoms with Crippen molar-refractivity contribution in [3.63, 3.8) is 0 Å². The van der Waals surface area contributed by atoms with Crippen molar-refractivity contribution in [3.8, 4) is 11.6 Å². The first-order chi connectivity index (χ1) is 11.6. The lowest BCUT2D eigenvalue weighted by Gasteiger charge is -2.21. The Morgan fingerprint density at radius 3 is 3.00 bits per heavy atom. The minimum Gasteiger partial charge on any atom is -0.418 e. The highest BCUT2D eigenvalue weighted by Crippen LogP contribution is 2.33. The summed E-state index contributed by atoms with van der Waals surface area (Å²) in [6.45, 7) is 4.70. The highest BCUT2D eigenvalue weighted by atomic mass is 32.1. The number of nitrogens with zero attached hydrogens (tertiary/aromatic N) is 4. The molecule has 0 aliphatic heterocycles. The number of aryl methyl sites for hydroxylation is 3. The third-order valence-electron chi connectivity index (χ3n) is 4.62. The normalized spacial score (nSPS) is 17.2. The highest BCUT2D eigenvalue weighted by molar-refractivity contribution is 7.11. The van der Waals surface area contributed by atoms with Gasteiger partial charge in [0.1, 0.15) is 5.69 Å². The van der Waals surface area contributed by atoms with Gasteiger partial charge in [0.15, 0.2) is 0 Å². The molecule has 0 aromatic carbocycles. The molecule has 0 fully saturated rings. The van der Waals surface area contributed by atoms with Crippen LogP contribution in [0.25, 0.3) is 11.6 Å². The van der Waals surface area contributed by atoms with Crippen molar-refractivity contribution in [1.29, 1.82) is 0 Å². The van der Waals surface area contributed by atoms with Gasteiger partial charge in [-0.05, 0) is 45.2 Å². The molecule has 24 heavy (non-hydrogen) atoms. The molecule has 3 aromatic rings. The summed E-state index contributed by atoms with van der Waals surface area (Å²) < 4.78 is 7.88. The molecule has 0 radical (unpaired) electrons. The second-order valence-electron chi connectivity index (χ2n) is 6.29. The molecule has 1 unspecified atom stereocenters. The van der Waals surface area contributed by atoms with E-state index in [1.165, 1.54) is 17.0 Å². The van der Waals surface area contributed by atoms with Crippen LogP contribution in [0.5, 0.6) is 0 Å². The summed E-state index contributed by atoms with van der Waals surface area (Å²) in [5.41, 5.74) is 3.32. The van der Waals surface area contributed by atoms with E-state index in [0.717, 1.165) is 29.2 Å². The molecule has 0 spiro atoms. The predicted molar refractivity (Wildman–Crippen MR) is 92.8 cm³/mol. The Morgan fingerprint density at radius 2 is 2.21 bits per heavy atom. The van der Waals surface area contributed by atoms with Gasteiger partial charge < -0.3 is 14.3 Å². The predicted octanol–water partition coefficient (Wildman–Crippen LogP) is 3.32. The zero-order valence-electron chi connectivity index (χ0n) is 14.2. The summed E-state index contributed by atoms with van der Waals surface area (Å²) in [6, 6.07) is 4.34. The fourth-order valence-corrected chi connectivity index (χ4v) is 4.25. The third-order valence-corrected chi connectivity index (χ3v) is 5.67. The SMILES string of the molecule is Cc1nc2c(s1)CCCC2NCc1nnc(-c2ccc(C)n2C)o1. The monoisotopic (exact) mass is 343 g/mol. The molecule has 0 saturated carbocycles. The van der Waals surface area contributed by atoms with Crippen LogP contribution in [-0.2, 0) is 20.0 Å². The van der Waals surface area contributed by atoms with Crippen molar-refractivity contribution in [2.24, 2.45) is 7.05 Å². The van der Waals surface area contributed by atoms with E-state index in [0.29, 0.717) is 18.3 Å². The van der Waals surface area contributed by atoms with E-state index in [4.69, 9.17) is 9.40 Å². The molecule has 0 bridgehead atoms. The van der Waals surface area contributed by atoms with E-state index in [2.05, 4.69) is 33.9 Å². The van der Waals surface area contributed by atoms with Gasteiger partial charge in [0.2, 0.25) is 5.89 Å². The van der Waals surface area contributed by atoms with Crippen LogP contribution in [0.4, 0.5) is 0 Å². The summed E-state index contributed by atoms with van der Waals surface area (Å²) in [7, 11) is 2.00. The zero-order valence-corrected chi connectivity index (χ0v) is 15.0. The van der Waals surface area contributed by atoms with Gasteiger partial charge in [-0.2, -0.15) is 0 Å². The topological polar surface area (TPSA) is 68.8 Å². The zero-order chi connectivity index (χ0) is 16.7. The van der Waals surface area contributed by atoms with Crippen molar-refractivity contribution < 1.29 is 4.42 Å². The van der Waals surface area contributed by atoms with Crippen LogP contribution in [0.3, 0.4) is 0 Å². The lowest BCUT2D eigenvalue weighted by atomic mass is 9.98. The van der Waals surface area contributed by atoms with Crippen molar-refractivity contribution >= 4 is 11.3 Å². The smallest absolute Gasteiger partial charge is 0.264 e. The summed E-state index contributed by atoms with van der Waals surface area (Å²) in [6.07, 6.45) is 3.45. The average Bonchev–Trinajstić information content (AvgIpc) is 3.25. The Balaban J connectivity index is 1.47. The van der Waals surface area contributed by atoms with Crippen LogP contribution in [0.2, 0.25) is 0 Å². The van der Waals surface area contributed by atoms with E-state index >= 15 is 0 Å². The van der Waals surface area contributed by atoms with Crippen LogP contribution >= 0.6 is 11.3 Å². The number of hydrogen-bond acceptors (Lipinski definition) is 6. The molecule has 0 amide bonds. The number of thiazole rings is 1. The van der Waals surface area contributed by atoms with Crippen molar-refractivity contribution in [1.82, 2.24) is 25.1 Å². The Labute approximate surface area is 144 Å². The van der Waals surface area contributed by atoms with E-state index in [1.54, 1.807) is 0 Å². The maximum absolute atomic E-state index is 5.82. The summed E-state index contributed by atoms with van der Waals surface area (Å²) in [5.74, 6) is 1.18. The molecule has 4 rings (SSSR count). The maximum Gasteiger partial charge on any atom is 0.264 e. The molecule has 6 nitrogen and oxygen atoms in total. The second kappa shape index (κ2) is 6.14. The maximum atomic E-state index is 5.82. The van der Waals surface area contributed by atoms with Gasteiger partial charge in [-0.3, -0.25) is 0 Å². The second-order valence-corrected chi connectivity index (χ2v) is 7.57. The van der Waals surface area contributed by atoms with Gasteiger partial charge in [0, 0.05) is 17.6 Å². The van der Waals surface area contributed by atoms with Crippen LogP contribution in [0.1, 0.15) is 46.0 Å². The van der Waals surface area contributed by atoms with Gasteiger partial charge >= 0.3 is 0 Å². The molecular formula is C17H21N5OS. The number of aromatic nitrogens is 4. The molecule has 3 heterocycles. The molecule has 1 aliphatic rings. The molecule has 1 atom stereocenters. The lowest BCUT2D eigenvalue weighted by molar-refractivity contribution is 0.408. The molecular weight excluding hydrogens is 322 g/mol. The van der Waals surface area contributed by atoms with E-state index in [1.807, 2.05) is 30.5 Å². The first kappa shape index (κ1) is 15.5. The van der Waals surface area contributed by atoms with E-state index < -0.39 is 0 Å². The van der Waals surface area contributed by atoms with Gasteiger partial charge in [-0.15, -0.1) is 21.5 Å². The minimum absolute atomic E-state index is 0.284. The number of hydrogen-bond donors (Lipinski definition) is 1. The summed E-state index contributed by atoms with van der Waals surface area (Å²) in [4.78, 5) is 6.12. The van der Waals surface area contributed by atoms with Gasteiger partial charge in [0.25, 0.3) is 5.89 Å².